The Hall–Kier alpha value is -2.43. The van der Waals surface area contributed by atoms with Crippen LogP contribution in [0.4, 0.5) is 0 Å². The van der Waals surface area contributed by atoms with Crippen LogP contribution in [0.5, 0.6) is 0 Å². The molecule has 0 radical (unpaired) electrons. The molecule has 1 N–H and O–H groups in total. The van der Waals surface area contributed by atoms with Gasteiger partial charge in [-0.25, -0.2) is 4.79 Å². The molecule has 98 valence electrons. The fourth-order valence-electron chi connectivity index (χ4n) is 2.06. The van der Waals surface area contributed by atoms with Gasteiger partial charge in [0.25, 0.3) is 0 Å². The summed E-state index contributed by atoms with van der Waals surface area (Å²) in [6, 6.07) is 3.19. The lowest BCUT2D eigenvalue weighted by Crippen LogP contribution is -2.09. The van der Waals surface area contributed by atoms with Gasteiger partial charge in [-0.15, -0.1) is 0 Å². The Morgan fingerprint density at radius 3 is 2.53 bits per heavy atom. The van der Waals surface area contributed by atoms with Crippen molar-refractivity contribution in [3.63, 3.8) is 0 Å². The van der Waals surface area contributed by atoms with E-state index in [-0.39, 0.29) is 11.5 Å². The van der Waals surface area contributed by atoms with Gasteiger partial charge < -0.3 is 9.67 Å². The molecule has 0 aromatic carbocycles. The zero-order valence-corrected chi connectivity index (χ0v) is 11.0. The van der Waals surface area contributed by atoms with Crippen LogP contribution in [0, 0.1) is 13.8 Å². The van der Waals surface area contributed by atoms with E-state index in [1.165, 1.54) is 17.6 Å². The highest BCUT2D eigenvalue weighted by Crippen LogP contribution is 2.21. The molecule has 0 saturated carbocycles. The standard InChI is InChI=1S/C14H14N2O3/c1-8-4-5-15-9(2)13(8)16-7-11(10(3)17)6-12(16)14(18)19/h4-7H,1-3H3,(H,18,19). The van der Waals surface area contributed by atoms with Crippen molar-refractivity contribution in [3.05, 3.63) is 47.0 Å². The average Bonchev–Trinajstić information content (AvgIpc) is 2.73. The fraction of sp³-hybridized carbons (Fsp3) is 0.214. The van der Waals surface area contributed by atoms with Gasteiger partial charge in [-0.3, -0.25) is 9.78 Å². The van der Waals surface area contributed by atoms with Crippen molar-refractivity contribution >= 4 is 11.8 Å². The van der Waals surface area contributed by atoms with E-state index in [9.17, 15) is 14.7 Å². The van der Waals surface area contributed by atoms with Crippen LogP contribution < -0.4 is 0 Å². The van der Waals surface area contributed by atoms with E-state index < -0.39 is 5.97 Å². The van der Waals surface area contributed by atoms with Gasteiger partial charge >= 0.3 is 5.97 Å². The molecule has 0 saturated heterocycles. The van der Waals surface area contributed by atoms with Gasteiger partial charge in [0.05, 0.1) is 11.4 Å². The number of aromatic carboxylic acids is 1. The van der Waals surface area contributed by atoms with Gasteiger partial charge in [0.2, 0.25) is 0 Å². The summed E-state index contributed by atoms with van der Waals surface area (Å²) < 4.78 is 1.51. The number of rotatable bonds is 3. The molecule has 5 heteroatoms. The third kappa shape index (κ3) is 2.27. The SMILES string of the molecule is CC(=O)c1cc(C(=O)O)n(-c2c(C)ccnc2C)c1. The van der Waals surface area contributed by atoms with E-state index in [2.05, 4.69) is 4.98 Å². The van der Waals surface area contributed by atoms with Crippen molar-refractivity contribution in [3.8, 4) is 5.69 Å². The predicted octanol–water partition coefficient (Wildman–Crippen LogP) is 2.39. The largest absolute Gasteiger partial charge is 0.477 e. The number of aryl methyl sites for hydroxylation is 2. The summed E-state index contributed by atoms with van der Waals surface area (Å²) in [6.07, 6.45) is 3.22. The predicted molar refractivity (Wildman–Crippen MR) is 70.0 cm³/mol. The Labute approximate surface area is 110 Å². The summed E-state index contributed by atoms with van der Waals surface area (Å²) in [5.74, 6) is -1.24. The molecule has 2 aromatic heterocycles. The molecule has 2 heterocycles. The van der Waals surface area contributed by atoms with Gasteiger partial charge in [-0.1, -0.05) is 0 Å². The summed E-state index contributed by atoms with van der Waals surface area (Å²) in [7, 11) is 0. The zero-order chi connectivity index (χ0) is 14.2. The topological polar surface area (TPSA) is 72.2 Å². The van der Waals surface area contributed by atoms with Crippen LogP contribution >= 0.6 is 0 Å². The van der Waals surface area contributed by atoms with Crippen LogP contribution in [0.15, 0.2) is 24.5 Å². The molecule has 0 aliphatic carbocycles. The first kappa shape index (κ1) is 13.0. The van der Waals surface area contributed by atoms with E-state index in [1.807, 2.05) is 6.92 Å². The number of carbonyl (C=O) groups is 2. The van der Waals surface area contributed by atoms with Crippen molar-refractivity contribution < 1.29 is 14.7 Å². The van der Waals surface area contributed by atoms with Gasteiger partial charge in [0.15, 0.2) is 5.78 Å². The number of Topliss-reactive ketones (excluding diaryl/α,β-unsaturated/α-hetero) is 1. The maximum absolute atomic E-state index is 11.4. The molecule has 0 fully saturated rings. The first-order chi connectivity index (χ1) is 8.91. The maximum atomic E-state index is 11.4. The van der Waals surface area contributed by atoms with E-state index in [1.54, 1.807) is 25.4 Å². The van der Waals surface area contributed by atoms with E-state index >= 15 is 0 Å². The molecular weight excluding hydrogens is 244 g/mol. The Balaban J connectivity index is 2.74. The van der Waals surface area contributed by atoms with Gasteiger partial charge in [-0.2, -0.15) is 0 Å². The number of carboxylic acid groups (broad SMARTS) is 1. The zero-order valence-electron chi connectivity index (χ0n) is 11.0. The summed E-state index contributed by atoms with van der Waals surface area (Å²) in [5.41, 5.74) is 2.76. The second-order valence-electron chi connectivity index (χ2n) is 4.41. The number of hydrogen-bond donors (Lipinski definition) is 1. The van der Waals surface area contributed by atoms with Crippen LogP contribution in [0.2, 0.25) is 0 Å². The average molecular weight is 258 g/mol. The maximum Gasteiger partial charge on any atom is 0.352 e. The van der Waals surface area contributed by atoms with Crippen molar-refractivity contribution in [2.24, 2.45) is 0 Å². The summed E-state index contributed by atoms with van der Waals surface area (Å²) in [6.45, 7) is 5.10. The van der Waals surface area contributed by atoms with E-state index in [0.29, 0.717) is 16.9 Å². The monoisotopic (exact) mass is 258 g/mol. The highest BCUT2D eigenvalue weighted by atomic mass is 16.4. The van der Waals surface area contributed by atoms with Crippen LogP contribution in [0.1, 0.15) is 39.0 Å². The van der Waals surface area contributed by atoms with Crippen LogP contribution in [-0.4, -0.2) is 26.4 Å². The number of hydrogen-bond acceptors (Lipinski definition) is 3. The van der Waals surface area contributed by atoms with Gasteiger partial charge in [-0.05, 0) is 38.5 Å². The molecule has 2 aromatic rings. The Kier molecular flexibility index (Phi) is 3.21. The van der Waals surface area contributed by atoms with Crippen LogP contribution in [0.3, 0.4) is 0 Å². The molecule has 19 heavy (non-hydrogen) atoms. The van der Waals surface area contributed by atoms with Crippen molar-refractivity contribution in [2.75, 3.05) is 0 Å². The highest BCUT2D eigenvalue weighted by molar-refractivity contribution is 5.97. The summed E-state index contributed by atoms with van der Waals surface area (Å²) in [4.78, 5) is 26.9. The molecule has 0 aliphatic rings. The van der Waals surface area contributed by atoms with E-state index in [0.717, 1.165) is 5.56 Å². The van der Waals surface area contributed by atoms with Crippen molar-refractivity contribution in [1.82, 2.24) is 9.55 Å². The van der Waals surface area contributed by atoms with E-state index in [4.69, 9.17) is 0 Å². The molecule has 0 spiro atoms. The second kappa shape index (κ2) is 4.68. The molecule has 0 unspecified atom stereocenters. The third-order valence-electron chi connectivity index (χ3n) is 3.00. The number of carbonyl (C=O) groups excluding carboxylic acids is 1. The van der Waals surface area contributed by atoms with Crippen LogP contribution in [0.25, 0.3) is 5.69 Å². The van der Waals surface area contributed by atoms with Gasteiger partial charge in [0.1, 0.15) is 5.69 Å². The minimum atomic E-state index is -1.07. The lowest BCUT2D eigenvalue weighted by molar-refractivity contribution is 0.0688. The third-order valence-corrected chi connectivity index (χ3v) is 3.00. The number of aromatic nitrogens is 2. The first-order valence-electron chi connectivity index (χ1n) is 5.81. The smallest absolute Gasteiger partial charge is 0.352 e. The Bertz CT molecular complexity index is 651. The molecule has 0 bridgehead atoms. The fourth-order valence-corrected chi connectivity index (χ4v) is 2.06. The minimum Gasteiger partial charge on any atom is -0.477 e. The van der Waals surface area contributed by atoms with Crippen molar-refractivity contribution in [2.45, 2.75) is 20.8 Å². The number of carboxylic acids is 1. The number of pyridine rings is 1. The normalized spacial score (nSPS) is 10.5. The Morgan fingerprint density at radius 1 is 1.32 bits per heavy atom. The lowest BCUT2D eigenvalue weighted by Gasteiger charge is -2.11. The molecule has 2 rings (SSSR count). The quantitative estimate of drug-likeness (QED) is 0.858. The van der Waals surface area contributed by atoms with Crippen molar-refractivity contribution in [1.29, 1.82) is 0 Å². The number of ketones is 1. The number of nitrogens with zero attached hydrogens (tertiary/aromatic N) is 2. The summed E-state index contributed by atoms with van der Waals surface area (Å²) >= 11 is 0. The van der Waals surface area contributed by atoms with Crippen LogP contribution in [-0.2, 0) is 0 Å². The molecule has 0 aliphatic heterocycles. The summed E-state index contributed by atoms with van der Waals surface area (Å²) in [5, 5.41) is 9.25. The molecule has 0 amide bonds. The first-order valence-corrected chi connectivity index (χ1v) is 5.81. The molecular formula is C14H14N2O3. The second-order valence-corrected chi connectivity index (χ2v) is 4.41. The van der Waals surface area contributed by atoms with Gasteiger partial charge in [0, 0.05) is 18.0 Å². The highest BCUT2D eigenvalue weighted by Gasteiger charge is 2.18. The minimum absolute atomic E-state index is 0.0596. The lowest BCUT2D eigenvalue weighted by atomic mass is 10.2. The molecule has 5 nitrogen and oxygen atoms in total. The Morgan fingerprint density at radius 2 is 2.00 bits per heavy atom. The molecule has 0 atom stereocenters.